The second kappa shape index (κ2) is 8.46. The fourth-order valence-corrected chi connectivity index (χ4v) is 4.88. The predicted octanol–water partition coefficient (Wildman–Crippen LogP) is 5.88. The Balaban J connectivity index is 1.99. The van der Waals surface area contributed by atoms with Gasteiger partial charge in [-0.25, -0.2) is 4.98 Å². The highest BCUT2D eigenvalue weighted by atomic mass is 16.5. The molecule has 164 valence electrons. The Hall–Kier alpha value is -2.66. The molecule has 0 saturated carbocycles. The van der Waals surface area contributed by atoms with Crippen LogP contribution in [-0.4, -0.2) is 32.4 Å². The molecule has 0 N–H and O–H groups in total. The van der Waals surface area contributed by atoms with Gasteiger partial charge in [-0.15, -0.1) is 0 Å². The van der Waals surface area contributed by atoms with Gasteiger partial charge in [0.2, 0.25) is 0 Å². The minimum Gasteiger partial charge on any atom is -0.380 e. The van der Waals surface area contributed by atoms with Crippen molar-refractivity contribution < 1.29 is 4.74 Å². The maximum atomic E-state index is 5.82. The van der Waals surface area contributed by atoms with Crippen LogP contribution in [0.2, 0.25) is 0 Å². The lowest BCUT2D eigenvalue weighted by Gasteiger charge is -2.13. The van der Waals surface area contributed by atoms with E-state index in [1.54, 1.807) is 0 Å². The van der Waals surface area contributed by atoms with Crippen LogP contribution in [0, 0.1) is 34.6 Å². The van der Waals surface area contributed by atoms with Gasteiger partial charge in [0.15, 0.2) is 5.65 Å². The Morgan fingerprint density at radius 1 is 0.871 bits per heavy atom. The first kappa shape index (κ1) is 21.6. The summed E-state index contributed by atoms with van der Waals surface area (Å²) in [4.78, 5) is 5.06. The van der Waals surface area contributed by atoms with E-state index in [1.165, 1.54) is 33.3 Å². The standard InChI is InChI=1S/C26H34N4O/c1-8-11-31-12-10-29-21(9-2)15-22-19(6)27-25-24(20(7)28-30(25)26(22)29)23-17(4)13-16(3)14-18(23)5/h13-15H,8-12H2,1-7H3. The third-order valence-electron chi connectivity index (χ3n) is 6.15. The van der Waals surface area contributed by atoms with Crippen LogP contribution in [-0.2, 0) is 17.7 Å². The summed E-state index contributed by atoms with van der Waals surface area (Å²) in [6.07, 6.45) is 2.00. The summed E-state index contributed by atoms with van der Waals surface area (Å²) in [5.41, 5.74) is 11.7. The minimum atomic E-state index is 0.705. The van der Waals surface area contributed by atoms with Gasteiger partial charge in [-0.2, -0.15) is 9.61 Å². The van der Waals surface area contributed by atoms with Gasteiger partial charge < -0.3 is 9.30 Å². The van der Waals surface area contributed by atoms with Crippen LogP contribution >= 0.6 is 0 Å². The molecule has 3 heterocycles. The van der Waals surface area contributed by atoms with E-state index in [0.29, 0.717) is 6.61 Å². The van der Waals surface area contributed by atoms with Crippen molar-refractivity contribution in [1.82, 2.24) is 19.2 Å². The van der Waals surface area contributed by atoms with E-state index in [4.69, 9.17) is 14.8 Å². The van der Waals surface area contributed by atoms with Crippen molar-refractivity contribution in [3.63, 3.8) is 0 Å². The van der Waals surface area contributed by atoms with Gasteiger partial charge in [0.1, 0.15) is 5.65 Å². The molecule has 0 radical (unpaired) electrons. The summed E-state index contributed by atoms with van der Waals surface area (Å²) in [6, 6.07) is 6.77. The average molecular weight is 419 g/mol. The molecule has 0 aliphatic heterocycles. The van der Waals surface area contributed by atoms with Crippen molar-refractivity contribution in [2.75, 3.05) is 13.2 Å². The van der Waals surface area contributed by atoms with E-state index in [-0.39, 0.29) is 0 Å². The Morgan fingerprint density at radius 2 is 1.58 bits per heavy atom. The number of hydrogen-bond donors (Lipinski definition) is 0. The third kappa shape index (κ3) is 3.65. The highest BCUT2D eigenvalue weighted by Gasteiger charge is 2.22. The molecule has 0 atom stereocenters. The number of fused-ring (bicyclic) bond motifs is 3. The third-order valence-corrected chi connectivity index (χ3v) is 6.15. The van der Waals surface area contributed by atoms with Crippen LogP contribution in [0.4, 0.5) is 0 Å². The summed E-state index contributed by atoms with van der Waals surface area (Å²) in [6.45, 7) is 17.4. The molecule has 0 fully saturated rings. The van der Waals surface area contributed by atoms with Gasteiger partial charge >= 0.3 is 0 Å². The fraction of sp³-hybridized carbons (Fsp3) is 0.462. The molecule has 0 aliphatic rings. The number of aryl methyl sites for hydroxylation is 6. The van der Waals surface area contributed by atoms with Crippen molar-refractivity contribution in [2.24, 2.45) is 0 Å². The van der Waals surface area contributed by atoms with Gasteiger partial charge in [-0.1, -0.05) is 31.5 Å². The van der Waals surface area contributed by atoms with E-state index >= 15 is 0 Å². The molecule has 0 bridgehead atoms. The van der Waals surface area contributed by atoms with Crippen LogP contribution in [0.5, 0.6) is 0 Å². The summed E-state index contributed by atoms with van der Waals surface area (Å²) < 4.78 is 10.3. The maximum absolute atomic E-state index is 5.82. The Kier molecular flexibility index (Phi) is 5.89. The molecule has 0 amide bonds. The van der Waals surface area contributed by atoms with Crippen molar-refractivity contribution in [3.8, 4) is 11.1 Å². The lowest BCUT2D eigenvalue weighted by molar-refractivity contribution is 0.127. The normalized spacial score (nSPS) is 11.8. The number of ether oxygens (including phenoxy) is 1. The Morgan fingerprint density at radius 3 is 2.23 bits per heavy atom. The van der Waals surface area contributed by atoms with Crippen LogP contribution in [0.3, 0.4) is 0 Å². The van der Waals surface area contributed by atoms with Crippen molar-refractivity contribution in [1.29, 1.82) is 0 Å². The van der Waals surface area contributed by atoms with Crippen molar-refractivity contribution >= 4 is 16.7 Å². The van der Waals surface area contributed by atoms with E-state index in [1.807, 2.05) is 0 Å². The van der Waals surface area contributed by atoms with Crippen molar-refractivity contribution in [2.45, 2.75) is 67.9 Å². The first-order valence-corrected chi connectivity index (χ1v) is 11.4. The molecule has 0 saturated heterocycles. The second-order valence-corrected chi connectivity index (χ2v) is 8.66. The molecule has 0 unspecified atom stereocenters. The lowest BCUT2D eigenvalue weighted by atomic mass is 9.94. The Bertz CT molecular complexity index is 1240. The summed E-state index contributed by atoms with van der Waals surface area (Å²) in [5, 5.41) is 6.18. The number of hydrogen-bond acceptors (Lipinski definition) is 3. The molecule has 5 nitrogen and oxygen atoms in total. The number of benzene rings is 1. The number of aromatic nitrogens is 4. The molecule has 0 spiro atoms. The zero-order chi connectivity index (χ0) is 22.3. The first-order valence-electron chi connectivity index (χ1n) is 11.4. The fourth-order valence-electron chi connectivity index (χ4n) is 4.88. The highest BCUT2D eigenvalue weighted by Crippen LogP contribution is 2.35. The van der Waals surface area contributed by atoms with Crippen molar-refractivity contribution in [3.05, 3.63) is 52.0 Å². The second-order valence-electron chi connectivity index (χ2n) is 8.66. The Labute approximate surface area is 185 Å². The van der Waals surface area contributed by atoms with Gasteiger partial charge in [-0.3, -0.25) is 0 Å². The lowest BCUT2D eigenvalue weighted by Crippen LogP contribution is -2.11. The molecule has 5 heteroatoms. The van der Waals surface area contributed by atoms with Crippen LogP contribution in [0.25, 0.3) is 27.8 Å². The largest absolute Gasteiger partial charge is 0.380 e. The highest BCUT2D eigenvalue weighted by molar-refractivity contribution is 5.90. The van der Waals surface area contributed by atoms with E-state index < -0.39 is 0 Å². The van der Waals surface area contributed by atoms with Gasteiger partial charge in [0.25, 0.3) is 0 Å². The minimum absolute atomic E-state index is 0.705. The predicted molar refractivity (Wildman–Crippen MR) is 128 cm³/mol. The first-order chi connectivity index (χ1) is 14.9. The molecular weight excluding hydrogens is 384 g/mol. The molecule has 4 rings (SSSR count). The van der Waals surface area contributed by atoms with Gasteiger partial charge in [0, 0.05) is 24.2 Å². The van der Waals surface area contributed by atoms with Gasteiger partial charge in [0.05, 0.1) is 23.6 Å². The monoisotopic (exact) mass is 418 g/mol. The van der Waals surface area contributed by atoms with Crippen LogP contribution in [0.1, 0.15) is 54.0 Å². The topological polar surface area (TPSA) is 44.3 Å². The zero-order valence-electron chi connectivity index (χ0n) is 20.0. The summed E-state index contributed by atoms with van der Waals surface area (Å²) in [5.74, 6) is 0. The van der Waals surface area contributed by atoms with E-state index in [0.717, 1.165) is 54.2 Å². The van der Waals surface area contributed by atoms with E-state index in [9.17, 15) is 0 Å². The number of rotatable bonds is 7. The van der Waals surface area contributed by atoms with Gasteiger partial charge in [-0.05, 0) is 70.2 Å². The summed E-state index contributed by atoms with van der Waals surface area (Å²) in [7, 11) is 0. The molecule has 4 aromatic rings. The van der Waals surface area contributed by atoms with E-state index in [2.05, 4.69) is 75.7 Å². The maximum Gasteiger partial charge on any atom is 0.165 e. The molecule has 0 aliphatic carbocycles. The average Bonchev–Trinajstić information content (AvgIpc) is 3.23. The quantitative estimate of drug-likeness (QED) is 0.352. The molecule has 31 heavy (non-hydrogen) atoms. The number of nitrogens with zero attached hydrogens (tertiary/aromatic N) is 4. The molecule has 1 aromatic carbocycles. The zero-order valence-corrected chi connectivity index (χ0v) is 20.0. The van der Waals surface area contributed by atoms with Crippen LogP contribution in [0.15, 0.2) is 18.2 Å². The summed E-state index contributed by atoms with van der Waals surface area (Å²) >= 11 is 0. The van der Waals surface area contributed by atoms with Crippen LogP contribution < -0.4 is 0 Å². The smallest absolute Gasteiger partial charge is 0.165 e. The molecule has 3 aromatic heterocycles. The molecular formula is C26H34N4O. The SMILES string of the molecule is CCCOCCn1c(CC)cc2c(C)nc3c(-c4c(C)cc(C)cc4C)c(C)nn3c21.